The van der Waals surface area contributed by atoms with Gasteiger partial charge in [0.05, 0.1) is 0 Å². The lowest BCUT2D eigenvalue weighted by molar-refractivity contribution is -0.184. The predicted molar refractivity (Wildman–Crippen MR) is 97.0 cm³/mol. The monoisotopic (exact) mass is 417 g/mol. The number of hydrogen-bond acceptors (Lipinski definition) is 3. The largest absolute Gasteiger partial charge is 0.433 e. The van der Waals surface area contributed by atoms with Crippen molar-refractivity contribution < 1.29 is 26.3 Å². The summed E-state index contributed by atoms with van der Waals surface area (Å²) in [6.07, 6.45) is -8.56. The number of benzene rings is 1. The van der Waals surface area contributed by atoms with Crippen molar-refractivity contribution in [3.63, 3.8) is 0 Å². The van der Waals surface area contributed by atoms with Crippen LogP contribution in [0.1, 0.15) is 39.9 Å². The van der Waals surface area contributed by atoms with E-state index in [9.17, 15) is 26.3 Å². The lowest BCUT2D eigenvalue weighted by Crippen LogP contribution is -2.45. The van der Waals surface area contributed by atoms with Crippen LogP contribution < -0.4 is 4.90 Å². The van der Waals surface area contributed by atoms with E-state index in [1.807, 2.05) is 6.92 Å². The average Bonchev–Trinajstić information content (AvgIpc) is 3.05. The summed E-state index contributed by atoms with van der Waals surface area (Å²) in [5.74, 6) is -0.338. The molecule has 1 saturated heterocycles. The van der Waals surface area contributed by atoms with Crippen LogP contribution in [-0.2, 0) is 11.6 Å². The minimum atomic E-state index is -4.70. The fourth-order valence-corrected chi connectivity index (χ4v) is 3.80. The minimum Gasteiger partial charge on any atom is -0.340 e. The van der Waals surface area contributed by atoms with Crippen LogP contribution in [0.15, 0.2) is 18.3 Å². The molecule has 3 rings (SSSR count). The van der Waals surface area contributed by atoms with Gasteiger partial charge in [-0.25, -0.2) is 9.97 Å². The van der Waals surface area contributed by atoms with E-state index in [2.05, 4.69) is 9.97 Å². The third-order valence-corrected chi connectivity index (χ3v) is 5.80. The van der Waals surface area contributed by atoms with E-state index < -0.39 is 30.0 Å². The Morgan fingerprint density at radius 3 is 2.03 bits per heavy atom. The molecule has 1 aliphatic rings. The highest BCUT2D eigenvalue weighted by atomic mass is 19.4. The number of anilines is 1. The number of aryl methyl sites for hydroxylation is 3. The molecule has 1 fully saturated rings. The maximum atomic E-state index is 14.2. The Morgan fingerprint density at radius 1 is 0.931 bits per heavy atom. The summed E-state index contributed by atoms with van der Waals surface area (Å²) in [6.45, 7) is 5.94. The highest BCUT2D eigenvalue weighted by molar-refractivity contribution is 5.46. The van der Waals surface area contributed by atoms with E-state index in [4.69, 9.17) is 0 Å². The first-order valence-electron chi connectivity index (χ1n) is 9.07. The molecular formula is C20H21F6N3. The molecule has 3 nitrogen and oxygen atoms in total. The van der Waals surface area contributed by atoms with Gasteiger partial charge < -0.3 is 4.90 Å². The molecule has 1 aromatic heterocycles. The highest BCUT2D eigenvalue weighted by Gasteiger charge is 2.59. The second-order valence-corrected chi connectivity index (χ2v) is 7.69. The van der Waals surface area contributed by atoms with Crippen molar-refractivity contribution in [1.82, 2.24) is 9.97 Å². The van der Waals surface area contributed by atoms with Crippen molar-refractivity contribution in [3.8, 4) is 0 Å². The van der Waals surface area contributed by atoms with Gasteiger partial charge in [0.2, 0.25) is 5.95 Å². The summed E-state index contributed by atoms with van der Waals surface area (Å²) in [4.78, 5) is 8.60. The van der Waals surface area contributed by atoms with E-state index >= 15 is 0 Å². The smallest absolute Gasteiger partial charge is 0.340 e. The number of alkyl halides is 6. The molecule has 29 heavy (non-hydrogen) atoms. The lowest BCUT2D eigenvalue weighted by atomic mass is 9.77. The van der Waals surface area contributed by atoms with Crippen molar-refractivity contribution in [2.24, 2.45) is 0 Å². The molecule has 2 heterocycles. The molecule has 1 aliphatic heterocycles. The lowest BCUT2D eigenvalue weighted by Gasteiger charge is -2.33. The van der Waals surface area contributed by atoms with E-state index in [1.54, 1.807) is 13.8 Å². The van der Waals surface area contributed by atoms with E-state index in [1.165, 1.54) is 24.0 Å². The third kappa shape index (κ3) is 3.67. The molecular weight excluding hydrogens is 396 g/mol. The topological polar surface area (TPSA) is 29.0 Å². The molecule has 0 saturated carbocycles. The quantitative estimate of drug-likeness (QED) is 0.610. The molecule has 1 aromatic carbocycles. The van der Waals surface area contributed by atoms with Crippen molar-refractivity contribution in [3.05, 3.63) is 51.8 Å². The minimum absolute atomic E-state index is 0.0914. The molecule has 0 amide bonds. The van der Waals surface area contributed by atoms with E-state index in [0.29, 0.717) is 0 Å². The molecule has 158 valence electrons. The third-order valence-electron chi connectivity index (χ3n) is 5.80. The summed E-state index contributed by atoms with van der Waals surface area (Å²) in [6, 6.07) is 3.05. The number of rotatable bonds is 2. The van der Waals surface area contributed by atoms with Gasteiger partial charge in [-0.15, -0.1) is 0 Å². The zero-order chi connectivity index (χ0) is 21.8. The second-order valence-electron chi connectivity index (χ2n) is 7.69. The van der Waals surface area contributed by atoms with Gasteiger partial charge in [0.25, 0.3) is 0 Å². The summed E-state index contributed by atoms with van der Waals surface area (Å²) in [5, 5.41) is 0. The van der Waals surface area contributed by atoms with Crippen LogP contribution >= 0.6 is 0 Å². The van der Waals surface area contributed by atoms with E-state index in [0.717, 1.165) is 22.9 Å². The van der Waals surface area contributed by atoms with Crippen LogP contribution in [-0.4, -0.2) is 29.2 Å². The molecule has 2 aromatic rings. The van der Waals surface area contributed by atoms with Crippen LogP contribution in [0.25, 0.3) is 0 Å². The van der Waals surface area contributed by atoms with Gasteiger partial charge in [0.15, 0.2) is 5.69 Å². The Kier molecular flexibility index (Phi) is 5.07. The number of nitrogens with zero attached hydrogens (tertiary/aromatic N) is 3. The Morgan fingerprint density at radius 2 is 1.52 bits per heavy atom. The highest BCUT2D eigenvalue weighted by Crippen LogP contribution is 2.49. The van der Waals surface area contributed by atoms with Crippen molar-refractivity contribution in [2.75, 3.05) is 18.0 Å². The molecule has 0 N–H and O–H groups in total. The van der Waals surface area contributed by atoms with Gasteiger partial charge in [0, 0.05) is 19.3 Å². The summed E-state index contributed by atoms with van der Waals surface area (Å²) >= 11 is 0. The molecule has 0 spiro atoms. The molecule has 0 aliphatic carbocycles. The maximum absolute atomic E-state index is 14.2. The fraction of sp³-hybridized carbons (Fsp3) is 0.500. The number of aromatic nitrogens is 2. The summed E-state index contributed by atoms with van der Waals surface area (Å²) in [5.41, 5.74) is -0.973. The molecule has 0 radical (unpaired) electrons. The zero-order valence-corrected chi connectivity index (χ0v) is 16.5. The van der Waals surface area contributed by atoms with Crippen molar-refractivity contribution in [2.45, 2.75) is 51.9 Å². The SMILES string of the molecule is Cc1cnc(N2CCC(c3cc(C)c(C)c(C)c3)(C(F)(F)F)C2)nc1C(F)(F)F. The Bertz CT molecular complexity index is 912. The van der Waals surface area contributed by atoms with Gasteiger partial charge in [-0.2, -0.15) is 26.3 Å². The van der Waals surface area contributed by atoms with Gasteiger partial charge >= 0.3 is 12.4 Å². The van der Waals surface area contributed by atoms with Crippen LogP contribution in [0, 0.1) is 27.7 Å². The van der Waals surface area contributed by atoms with Crippen molar-refractivity contribution in [1.29, 1.82) is 0 Å². The Balaban J connectivity index is 2.05. The van der Waals surface area contributed by atoms with Gasteiger partial charge in [-0.3, -0.25) is 0 Å². The van der Waals surface area contributed by atoms with E-state index in [-0.39, 0.29) is 30.0 Å². The summed E-state index contributed by atoms with van der Waals surface area (Å²) in [7, 11) is 0. The van der Waals surface area contributed by atoms with Gasteiger partial charge in [-0.05, 0) is 61.9 Å². The zero-order valence-electron chi connectivity index (χ0n) is 16.5. The van der Waals surface area contributed by atoms with Gasteiger partial charge in [0.1, 0.15) is 5.41 Å². The van der Waals surface area contributed by atoms with Gasteiger partial charge in [-0.1, -0.05) is 12.1 Å². The fourth-order valence-electron chi connectivity index (χ4n) is 3.80. The van der Waals surface area contributed by atoms with Crippen LogP contribution in [0.5, 0.6) is 0 Å². The number of halogens is 6. The second kappa shape index (κ2) is 6.88. The standard InChI is InChI=1S/C20H21F6N3/c1-11-7-15(8-12(2)14(11)4)18(20(24,25)26)5-6-29(10-18)17-27-9-13(3)16(28-17)19(21,22)23/h7-9H,5-6,10H2,1-4H3. The molecule has 9 heteroatoms. The Hall–Kier alpha value is -2.32. The average molecular weight is 417 g/mol. The first-order valence-corrected chi connectivity index (χ1v) is 9.07. The normalized spacial score (nSPS) is 20.4. The molecule has 1 atom stereocenters. The molecule has 1 unspecified atom stereocenters. The predicted octanol–water partition coefficient (Wildman–Crippen LogP) is 5.44. The Labute approximate surface area is 164 Å². The van der Waals surface area contributed by atoms with Crippen LogP contribution in [0.3, 0.4) is 0 Å². The maximum Gasteiger partial charge on any atom is 0.433 e. The van der Waals surface area contributed by atoms with Crippen LogP contribution in [0.2, 0.25) is 0 Å². The first kappa shape index (κ1) is 21.4. The number of hydrogen-bond donors (Lipinski definition) is 0. The molecule has 0 bridgehead atoms. The van der Waals surface area contributed by atoms with Crippen molar-refractivity contribution >= 4 is 5.95 Å². The van der Waals surface area contributed by atoms with Crippen LogP contribution in [0.4, 0.5) is 32.3 Å². The first-order chi connectivity index (χ1) is 13.3. The summed E-state index contributed by atoms with van der Waals surface area (Å²) < 4.78 is 82.2.